The molecule has 1 N–H and O–H groups in total. The van der Waals surface area contributed by atoms with Gasteiger partial charge in [-0.05, 0) is 38.3 Å². The molecule has 0 unspecified atom stereocenters. The van der Waals surface area contributed by atoms with Crippen molar-refractivity contribution in [2.24, 2.45) is 0 Å². The van der Waals surface area contributed by atoms with Crippen molar-refractivity contribution < 1.29 is 0 Å². The summed E-state index contributed by atoms with van der Waals surface area (Å²) in [5.41, 5.74) is 1.82. The fraction of sp³-hybridized carbons (Fsp3) is 0.235. The summed E-state index contributed by atoms with van der Waals surface area (Å²) < 4.78 is 0. The molecule has 0 bridgehead atoms. The first-order valence-corrected chi connectivity index (χ1v) is 8.12. The first-order chi connectivity index (χ1) is 9.96. The minimum Gasteiger partial charge on any atom is -0.365 e. The van der Waals surface area contributed by atoms with E-state index in [2.05, 4.69) is 37.5 Å². The van der Waals surface area contributed by atoms with Crippen molar-refractivity contribution in [2.45, 2.75) is 26.3 Å². The van der Waals surface area contributed by atoms with E-state index in [4.69, 9.17) is 16.6 Å². The van der Waals surface area contributed by atoms with E-state index in [-0.39, 0.29) is 5.54 Å². The van der Waals surface area contributed by atoms with Gasteiger partial charge < -0.3 is 5.32 Å². The van der Waals surface area contributed by atoms with Gasteiger partial charge in [-0.2, -0.15) is 0 Å². The van der Waals surface area contributed by atoms with Crippen LogP contribution in [0.5, 0.6) is 0 Å². The standard InChI is InChI=1S/C17H17ClN2S/c1-17(2,3)20-16-14(13-9-6-10-21-13)15(18)11-7-4-5-8-12(11)19-16/h4-10H,1-3H3,(H,19,20). The van der Waals surface area contributed by atoms with Crippen molar-refractivity contribution in [3.8, 4) is 10.4 Å². The third-order valence-corrected chi connectivity index (χ3v) is 4.37. The number of fused-ring (bicyclic) bond motifs is 1. The number of nitrogens with zero attached hydrogens (tertiary/aromatic N) is 1. The SMILES string of the molecule is CC(C)(C)Nc1nc2ccccc2c(Cl)c1-c1cccs1. The maximum absolute atomic E-state index is 6.69. The minimum absolute atomic E-state index is 0.0786. The summed E-state index contributed by atoms with van der Waals surface area (Å²) in [5.74, 6) is 0.841. The lowest BCUT2D eigenvalue weighted by Gasteiger charge is -2.24. The molecule has 0 amide bonds. The number of hydrogen-bond donors (Lipinski definition) is 1. The normalized spacial score (nSPS) is 11.8. The molecular formula is C17H17ClN2S. The van der Waals surface area contributed by atoms with Crippen molar-refractivity contribution in [1.82, 2.24) is 4.98 Å². The Balaban J connectivity index is 2.30. The zero-order valence-corrected chi connectivity index (χ0v) is 13.8. The Morgan fingerprint density at radius 2 is 1.86 bits per heavy atom. The van der Waals surface area contributed by atoms with Crippen LogP contribution in [0.2, 0.25) is 5.02 Å². The van der Waals surface area contributed by atoms with E-state index >= 15 is 0 Å². The Labute approximate surface area is 133 Å². The molecule has 2 heterocycles. The van der Waals surface area contributed by atoms with Gasteiger partial charge in [-0.15, -0.1) is 11.3 Å². The Hall–Kier alpha value is -1.58. The Bertz CT molecular complexity index is 773. The molecule has 0 aliphatic carbocycles. The molecule has 21 heavy (non-hydrogen) atoms. The zero-order valence-electron chi connectivity index (χ0n) is 12.3. The van der Waals surface area contributed by atoms with E-state index < -0.39 is 0 Å². The number of hydrogen-bond acceptors (Lipinski definition) is 3. The summed E-state index contributed by atoms with van der Waals surface area (Å²) in [6, 6.07) is 12.1. The molecule has 3 rings (SSSR count). The third-order valence-electron chi connectivity index (χ3n) is 3.09. The molecular weight excluding hydrogens is 300 g/mol. The van der Waals surface area contributed by atoms with Crippen molar-refractivity contribution in [3.05, 3.63) is 46.8 Å². The summed E-state index contributed by atoms with van der Waals surface area (Å²) in [7, 11) is 0. The highest BCUT2D eigenvalue weighted by atomic mass is 35.5. The van der Waals surface area contributed by atoms with Gasteiger partial charge in [0.2, 0.25) is 0 Å². The van der Waals surface area contributed by atoms with Crippen molar-refractivity contribution in [3.63, 3.8) is 0 Å². The van der Waals surface area contributed by atoms with Crippen LogP contribution >= 0.6 is 22.9 Å². The number of halogens is 1. The fourth-order valence-electron chi connectivity index (χ4n) is 2.26. The average Bonchev–Trinajstić information content (AvgIpc) is 2.91. The zero-order chi connectivity index (χ0) is 15.0. The van der Waals surface area contributed by atoms with Gasteiger partial charge in [0.15, 0.2) is 0 Å². The van der Waals surface area contributed by atoms with Crippen LogP contribution in [-0.2, 0) is 0 Å². The van der Waals surface area contributed by atoms with Crippen LogP contribution in [0.1, 0.15) is 20.8 Å². The molecule has 0 saturated carbocycles. The lowest BCUT2D eigenvalue weighted by Crippen LogP contribution is -2.27. The number of rotatable bonds is 2. The second-order valence-electron chi connectivity index (χ2n) is 6.02. The number of pyridine rings is 1. The van der Waals surface area contributed by atoms with Crippen LogP contribution in [0, 0.1) is 0 Å². The molecule has 108 valence electrons. The van der Waals surface area contributed by atoms with Gasteiger partial charge in [-0.1, -0.05) is 35.9 Å². The van der Waals surface area contributed by atoms with E-state index in [0.29, 0.717) is 0 Å². The topological polar surface area (TPSA) is 24.9 Å². The number of nitrogens with one attached hydrogen (secondary N) is 1. The molecule has 4 heteroatoms. The number of anilines is 1. The molecule has 0 radical (unpaired) electrons. The maximum Gasteiger partial charge on any atom is 0.137 e. The smallest absolute Gasteiger partial charge is 0.137 e. The van der Waals surface area contributed by atoms with Crippen LogP contribution in [0.3, 0.4) is 0 Å². The molecule has 2 nitrogen and oxygen atoms in total. The highest BCUT2D eigenvalue weighted by molar-refractivity contribution is 7.13. The summed E-state index contributed by atoms with van der Waals surface area (Å²) in [6.45, 7) is 6.36. The molecule has 0 atom stereocenters. The van der Waals surface area contributed by atoms with Crippen molar-refractivity contribution in [1.29, 1.82) is 0 Å². The van der Waals surface area contributed by atoms with E-state index in [1.807, 2.05) is 30.3 Å². The minimum atomic E-state index is -0.0786. The largest absolute Gasteiger partial charge is 0.365 e. The summed E-state index contributed by atoms with van der Waals surface area (Å²) in [5, 5.41) is 7.29. The number of aromatic nitrogens is 1. The van der Waals surface area contributed by atoms with Gasteiger partial charge in [0.1, 0.15) is 5.82 Å². The molecule has 1 aromatic carbocycles. The first-order valence-electron chi connectivity index (χ1n) is 6.86. The average molecular weight is 317 g/mol. The quantitative estimate of drug-likeness (QED) is 0.643. The van der Waals surface area contributed by atoms with Crippen LogP contribution in [-0.4, -0.2) is 10.5 Å². The van der Waals surface area contributed by atoms with E-state index in [1.165, 1.54) is 0 Å². The summed E-state index contributed by atoms with van der Waals surface area (Å²) >= 11 is 8.37. The van der Waals surface area contributed by atoms with Gasteiger partial charge in [0.25, 0.3) is 0 Å². The van der Waals surface area contributed by atoms with E-state index in [1.54, 1.807) is 11.3 Å². The van der Waals surface area contributed by atoms with Gasteiger partial charge in [-0.25, -0.2) is 4.98 Å². The van der Waals surface area contributed by atoms with E-state index in [0.717, 1.165) is 32.2 Å². The molecule has 3 aromatic rings. The Morgan fingerprint density at radius 1 is 1.10 bits per heavy atom. The Kier molecular flexibility index (Phi) is 3.64. The maximum atomic E-state index is 6.69. The highest BCUT2D eigenvalue weighted by Crippen LogP contribution is 2.41. The van der Waals surface area contributed by atoms with Crippen molar-refractivity contribution in [2.75, 3.05) is 5.32 Å². The lowest BCUT2D eigenvalue weighted by atomic mass is 10.1. The molecule has 0 fully saturated rings. The monoisotopic (exact) mass is 316 g/mol. The van der Waals surface area contributed by atoms with Gasteiger partial charge >= 0.3 is 0 Å². The summed E-state index contributed by atoms with van der Waals surface area (Å²) in [4.78, 5) is 5.92. The number of para-hydroxylation sites is 1. The third kappa shape index (κ3) is 2.89. The van der Waals surface area contributed by atoms with Crippen LogP contribution in [0.15, 0.2) is 41.8 Å². The van der Waals surface area contributed by atoms with Crippen molar-refractivity contribution >= 4 is 39.7 Å². The second-order valence-corrected chi connectivity index (χ2v) is 7.34. The van der Waals surface area contributed by atoms with Crippen LogP contribution in [0.25, 0.3) is 21.3 Å². The Morgan fingerprint density at radius 3 is 2.52 bits per heavy atom. The van der Waals surface area contributed by atoms with Gasteiger partial charge in [-0.3, -0.25) is 0 Å². The first kappa shape index (κ1) is 14.4. The van der Waals surface area contributed by atoms with Gasteiger partial charge in [0, 0.05) is 15.8 Å². The van der Waals surface area contributed by atoms with Gasteiger partial charge in [0.05, 0.1) is 16.1 Å². The molecule has 0 spiro atoms. The highest BCUT2D eigenvalue weighted by Gasteiger charge is 2.19. The predicted molar refractivity (Wildman–Crippen MR) is 93.4 cm³/mol. The lowest BCUT2D eigenvalue weighted by molar-refractivity contribution is 0.631. The molecule has 0 aliphatic heterocycles. The molecule has 0 aliphatic rings. The number of benzene rings is 1. The fourth-order valence-corrected chi connectivity index (χ4v) is 3.45. The van der Waals surface area contributed by atoms with Crippen LogP contribution in [0.4, 0.5) is 5.82 Å². The van der Waals surface area contributed by atoms with Crippen LogP contribution < -0.4 is 5.32 Å². The predicted octanol–water partition coefficient (Wildman–Crippen LogP) is 5.83. The second kappa shape index (κ2) is 5.32. The van der Waals surface area contributed by atoms with E-state index in [9.17, 15) is 0 Å². The summed E-state index contributed by atoms with van der Waals surface area (Å²) in [6.07, 6.45) is 0. The molecule has 0 saturated heterocycles. The molecule has 2 aromatic heterocycles. The number of thiophene rings is 1.